The minimum atomic E-state index is -0.442. The van der Waals surface area contributed by atoms with Gasteiger partial charge in [0.1, 0.15) is 5.82 Å². The molecule has 1 aromatic heterocycles. The summed E-state index contributed by atoms with van der Waals surface area (Å²) >= 11 is 0. The van der Waals surface area contributed by atoms with Crippen molar-refractivity contribution in [3.63, 3.8) is 0 Å². The van der Waals surface area contributed by atoms with Crippen molar-refractivity contribution >= 4 is 11.8 Å². The van der Waals surface area contributed by atoms with Crippen LogP contribution in [0.1, 0.15) is 6.42 Å². The first kappa shape index (κ1) is 12.7. The van der Waals surface area contributed by atoms with Gasteiger partial charge in [0, 0.05) is 26.9 Å². The van der Waals surface area contributed by atoms with E-state index in [0.29, 0.717) is 25.5 Å². The maximum absolute atomic E-state index is 9.42. The van der Waals surface area contributed by atoms with Crippen molar-refractivity contribution in [2.24, 2.45) is 0 Å². The van der Waals surface area contributed by atoms with Gasteiger partial charge in [-0.15, -0.1) is 0 Å². The number of nitrogens with one attached hydrogen (secondary N) is 2. The second kappa shape index (κ2) is 6.97. The summed E-state index contributed by atoms with van der Waals surface area (Å²) in [4.78, 5) is 8.19. The van der Waals surface area contributed by atoms with Gasteiger partial charge in [0.05, 0.1) is 12.7 Å². The first-order chi connectivity index (χ1) is 7.76. The molecule has 6 heteroatoms. The van der Waals surface area contributed by atoms with E-state index >= 15 is 0 Å². The van der Waals surface area contributed by atoms with Gasteiger partial charge >= 0.3 is 0 Å². The molecule has 1 rings (SSSR count). The standard InChI is InChI=1S/C10H18N4O2/c1-11-10-13-6-4-9(14-10)12-5-3-8(15)7-16-2/h4,6,8,15H,3,5,7H2,1-2H3,(H2,11,12,13,14). The highest BCUT2D eigenvalue weighted by atomic mass is 16.5. The van der Waals surface area contributed by atoms with Crippen LogP contribution in [0.3, 0.4) is 0 Å². The lowest BCUT2D eigenvalue weighted by molar-refractivity contribution is 0.0615. The summed E-state index contributed by atoms with van der Waals surface area (Å²) in [7, 11) is 3.34. The Bertz CT molecular complexity index is 309. The van der Waals surface area contributed by atoms with Gasteiger partial charge in [0.25, 0.3) is 0 Å². The predicted octanol–water partition coefficient (Wildman–Crippen LogP) is 0.328. The van der Waals surface area contributed by atoms with Crippen molar-refractivity contribution in [3.05, 3.63) is 12.3 Å². The van der Waals surface area contributed by atoms with E-state index < -0.39 is 6.10 Å². The Morgan fingerprint density at radius 1 is 1.56 bits per heavy atom. The van der Waals surface area contributed by atoms with Gasteiger partial charge in [0.2, 0.25) is 5.95 Å². The Balaban J connectivity index is 2.31. The first-order valence-corrected chi connectivity index (χ1v) is 5.18. The molecule has 0 aliphatic heterocycles. The molecule has 0 saturated heterocycles. The molecule has 0 spiro atoms. The Hall–Kier alpha value is -1.40. The van der Waals surface area contributed by atoms with Crippen LogP contribution in [0.4, 0.5) is 11.8 Å². The van der Waals surface area contributed by atoms with E-state index in [1.54, 1.807) is 26.4 Å². The van der Waals surface area contributed by atoms with Gasteiger partial charge in [-0.2, -0.15) is 4.98 Å². The third-order valence-electron chi connectivity index (χ3n) is 2.02. The average molecular weight is 226 g/mol. The summed E-state index contributed by atoms with van der Waals surface area (Å²) in [5.74, 6) is 1.31. The Morgan fingerprint density at radius 2 is 2.38 bits per heavy atom. The number of ether oxygens (including phenoxy) is 1. The number of hydrogen-bond donors (Lipinski definition) is 3. The van der Waals surface area contributed by atoms with Gasteiger partial charge in [-0.05, 0) is 12.5 Å². The molecule has 0 aliphatic rings. The van der Waals surface area contributed by atoms with Crippen LogP contribution in [0.2, 0.25) is 0 Å². The topological polar surface area (TPSA) is 79.3 Å². The van der Waals surface area contributed by atoms with E-state index in [2.05, 4.69) is 20.6 Å². The molecule has 0 amide bonds. The highest BCUT2D eigenvalue weighted by Crippen LogP contribution is 2.05. The molecular formula is C10H18N4O2. The second-order valence-electron chi connectivity index (χ2n) is 3.34. The minimum absolute atomic E-state index is 0.354. The first-order valence-electron chi connectivity index (χ1n) is 5.18. The van der Waals surface area contributed by atoms with E-state index in [1.807, 2.05) is 0 Å². The average Bonchev–Trinajstić information content (AvgIpc) is 2.30. The van der Waals surface area contributed by atoms with Crippen molar-refractivity contribution < 1.29 is 9.84 Å². The molecule has 16 heavy (non-hydrogen) atoms. The molecule has 1 unspecified atom stereocenters. The third-order valence-corrected chi connectivity index (χ3v) is 2.02. The molecule has 0 aliphatic carbocycles. The zero-order valence-electron chi connectivity index (χ0n) is 9.60. The second-order valence-corrected chi connectivity index (χ2v) is 3.34. The smallest absolute Gasteiger partial charge is 0.224 e. The van der Waals surface area contributed by atoms with Crippen molar-refractivity contribution in [2.75, 3.05) is 37.9 Å². The van der Waals surface area contributed by atoms with Crippen LogP contribution in [0.25, 0.3) is 0 Å². The van der Waals surface area contributed by atoms with E-state index in [0.717, 1.165) is 5.82 Å². The molecule has 0 aromatic carbocycles. The van der Waals surface area contributed by atoms with Crippen molar-refractivity contribution in [1.29, 1.82) is 0 Å². The molecular weight excluding hydrogens is 208 g/mol. The lowest BCUT2D eigenvalue weighted by Gasteiger charge is -2.10. The molecule has 0 radical (unpaired) electrons. The fourth-order valence-electron chi connectivity index (χ4n) is 1.22. The summed E-state index contributed by atoms with van der Waals surface area (Å²) in [6.45, 7) is 0.998. The van der Waals surface area contributed by atoms with Gasteiger partial charge in [-0.1, -0.05) is 0 Å². The molecule has 0 bridgehead atoms. The number of rotatable bonds is 7. The monoisotopic (exact) mass is 226 g/mol. The Kier molecular flexibility index (Phi) is 5.52. The molecule has 90 valence electrons. The van der Waals surface area contributed by atoms with E-state index in [-0.39, 0.29) is 0 Å². The fraction of sp³-hybridized carbons (Fsp3) is 0.600. The van der Waals surface area contributed by atoms with Gasteiger partial charge in [-0.25, -0.2) is 4.98 Å². The number of aliphatic hydroxyl groups is 1. The van der Waals surface area contributed by atoms with E-state index in [1.165, 1.54) is 0 Å². The highest BCUT2D eigenvalue weighted by Gasteiger charge is 2.03. The number of aliphatic hydroxyl groups excluding tert-OH is 1. The van der Waals surface area contributed by atoms with E-state index in [9.17, 15) is 5.11 Å². The summed E-state index contributed by atoms with van der Waals surface area (Å²) in [5.41, 5.74) is 0. The van der Waals surface area contributed by atoms with Gasteiger partial charge in [0.15, 0.2) is 0 Å². The molecule has 0 saturated carbocycles. The van der Waals surface area contributed by atoms with Crippen LogP contribution in [-0.4, -0.2) is 48.5 Å². The lowest BCUT2D eigenvalue weighted by atomic mass is 10.2. The van der Waals surface area contributed by atoms with Gasteiger partial charge in [-0.3, -0.25) is 0 Å². The van der Waals surface area contributed by atoms with Crippen molar-refractivity contribution in [3.8, 4) is 0 Å². The third kappa shape index (κ3) is 4.41. The molecule has 1 heterocycles. The predicted molar refractivity (Wildman–Crippen MR) is 62.6 cm³/mol. The minimum Gasteiger partial charge on any atom is -0.391 e. The number of methoxy groups -OCH3 is 1. The maximum atomic E-state index is 9.42. The number of nitrogens with zero attached hydrogens (tertiary/aromatic N) is 2. The number of aromatic nitrogens is 2. The van der Waals surface area contributed by atoms with Crippen LogP contribution in [0.5, 0.6) is 0 Å². The quantitative estimate of drug-likeness (QED) is 0.621. The molecule has 1 aromatic rings. The van der Waals surface area contributed by atoms with Crippen molar-refractivity contribution in [2.45, 2.75) is 12.5 Å². The molecule has 1 atom stereocenters. The SMILES string of the molecule is CNc1nccc(NCCC(O)COC)n1. The molecule has 6 nitrogen and oxygen atoms in total. The molecule has 3 N–H and O–H groups in total. The van der Waals surface area contributed by atoms with Crippen LogP contribution in [0, 0.1) is 0 Å². The van der Waals surface area contributed by atoms with Gasteiger partial charge < -0.3 is 20.5 Å². The summed E-state index contributed by atoms with van der Waals surface area (Å²) in [6.07, 6.45) is 1.85. The summed E-state index contributed by atoms with van der Waals surface area (Å²) in [5, 5.41) is 15.4. The lowest BCUT2D eigenvalue weighted by Crippen LogP contribution is -2.18. The van der Waals surface area contributed by atoms with Crippen LogP contribution in [0.15, 0.2) is 12.3 Å². The zero-order chi connectivity index (χ0) is 11.8. The normalized spacial score (nSPS) is 12.2. The Labute approximate surface area is 95.1 Å². The molecule has 0 fully saturated rings. The Morgan fingerprint density at radius 3 is 3.06 bits per heavy atom. The van der Waals surface area contributed by atoms with Crippen LogP contribution < -0.4 is 10.6 Å². The zero-order valence-corrected chi connectivity index (χ0v) is 9.60. The van der Waals surface area contributed by atoms with Crippen molar-refractivity contribution in [1.82, 2.24) is 9.97 Å². The van der Waals surface area contributed by atoms with E-state index in [4.69, 9.17) is 4.74 Å². The largest absolute Gasteiger partial charge is 0.391 e. The summed E-state index contributed by atoms with van der Waals surface area (Å²) in [6, 6.07) is 1.78. The van der Waals surface area contributed by atoms with Crippen LogP contribution >= 0.6 is 0 Å². The number of hydrogen-bond acceptors (Lipinski definition) is 6. The maximum Gasteiger partial charge on any atom is 0.224 e. The highest BCUT2D eigenvalue weighted by molar-refractivity contribution is 5.38. The summed E-state index contributed by atoms with van der Waals surface area (Å²) < 4.78 is 4.83. The fourth-order valence-corrected chi connectivity index (χ4v) is 1.22. The number of anilines is 2. The van der Waals surface area contributed by atoms with Crippen LogP contribution in [-0.2, 0) is 4.74 Å².